The van der Waals surface area contributed by atoms with Crippen LogP contribution in [-0.2, 0) is 4.57 Å². The van der Waals surface area contributed by atoms with E-state index in [0.717, 1.165) is 5.56 Å². The summed E-state index contributed by atoms with van der Waals surface area (Å²) >= 11 is 0. The molecule has 0 amide bonds. The Morgan fingerprint density at radius 1 is 1.19 bits per heavy atom. The first-order valence-corrected chi connectivity index (χ1v) is 6.15. The lowest BCUT2D eigenvalue weighted by Crippen LogP contribution is -2.30. The predicted molar refractivity (Wildman–Crippen MR) is 62.2 cm³/mol. The zero-order valence-electron chi connectivity index (χ0n) is 8.52. The molecule has 0 spiro atoms. The van der Waals surface area contributed by atoms with Gasteiger partial charge in [0, 0.05) is 6.08 Å². The highest BCUT2D eigenvalue weighted by Crippen LogP contribution is 2.47. The van der Waals surface area contributed by atoms with E-state index in [1.807, 2.05) is 30.3 Å². The van der Waals surface area contributed by atoms with E-state index >= 15 is 0 Å². The number of hydrogen-bond donors (Lipinski definition) is 2. The molecule has 0 aliphatic heterocycles. The third-order valence-corrected chi connectivity index (χ3v) is 3.72. The van der Waals surface area contributed by atoms with Crippen molar-refractivity contribution in [2.75, 3.05) is 0 Å². The summed E-state index contributed by atoms with van der Waals surface area (Å²) < 4.78 is 11.3. The molecule has 0 heterocycles. The first-order chi connectivity index (χ1) is 7.64. The van der Waals surface area contributed by atoms with Gasteiger partial charge in [-0.15, -0.1) is 0 Å². The van der Waals surface area contributed by atoms with E-state index in [0.29, 0.717) is 0 Å². The molecule has 0 bridgehead atoms. The van der Waals surface area contributed by atoms with Crippen molar-refractivity contribution in [2.24, 2.45) is 0 Å². The second-order valence-corrected chi connectivity index (χ2v) is 4.95. The zero-order valence-corrected chi connectivity index (χ0v) is 9.42. The van der Waals surface area contributed by atoms with Gasteiger partial charge in [-0.25, -0.2) is 0 Å². The maximum Gasteiger partial charge on any atom is 0.546 e. The molecule has 0 fully saturated rings. The van der Waals surface area contributed by atoms with Crippen molar-refractivity contribution < 1.29 is 14.6 Å². The molecule has 3 atom stereocenters. The van der Waals surface area contributed by atoms with Crippen LogP contribution in [0.3, 0.4) is 0 Å². The molecule has 0 saturated heterocycles. The smallest absolute Gasteiger partial charge is 0.342 e. The fourth-order valence-electron chi connectivity index (χ4n) is 1.82. The van der Waals surface area contributed by atoms with Gasteiger partial charge in [0.15, 0.2) is 0 Å². The summed E-state index contributed by atoms with van der Waals surface area (Å²) in [5, 5.41) is 8.49. The van der Waals surface area contributed by atoms with E-state index in [1.165, 1.54) is 6.08 Å². The monoisotopic (exact) mass is 235 g/mol. The first-order valence-electron chi connectivity index (χ1n) is 4.94. The van der Waals surface area contributed by atoms with Gasteiger partial charge in [-0.2, -0.15) is 4.89 Å². The second kappa shape index (κ2) is 4.30. The quantitative estimate of drug-likeness (QED) is 0.773. The zero-order chi connectivity index (χ0) is 11.6. The fraction of sp³-hybridized carbons (Fsp3) is 0.167. The highest BCUT2D eigenvalue weighted by Gasteiger charge is 2.52. The van der Waals surface area contributed by atoms with Crippen LogP contribution in [0.5, 0.6) is 0 Å². The topological polar surface area (TPSA) is 57.5 Å². The van der Waals surface area contributed by atoms with Crippen LogP contribution in [0.15, 0.2) is 54.6 Å². The lowest BCUT2D eigenvalue weighted by Gasteiger charge is -2.22. The van der Waals surface area contributed by atoms with Crippen LogP contribution in [-0.4, -0.2) is 15.3 Å². The van der Waals surface area contributed by atoms with Crippen molar-refractivity contribution >= 4 is 8.03 Å². The molecule has 16 heavy (non-hydrogen) atoms. The average molecular weight is 235 g/mol. The average Bonchev–Trinajstić information content (AvgIpc) is 2.30. The molecule has 82 valence electrons. The summed E-state index contributed by atoms with van der Waals surface area (Å²) in [6, 6.07) is 9.21. The Labute approximate surface area is 94.6 Å². The molecular formula is C12H12O3P+. The minimum atomic E-state index is -2.70. The van der Waals surface area contributed by atoms with Gasteiger partial charge < -0.3 is 5.11 Å². The molecule has 2 N–H and O–H groups in total. The lowest BCUT2D eigenvalue weighted by atomic mass is 9.89. The van der Waals surface area contributed by atoms with E-state index in [1.54, 1.807) is 18.2 Å². The van der Waals surface area contributed by atoms with Crippen molar-refractivity contribution in [3.63, 3.8) is 0 Å². The van der Waals surface area contributed by atoms with Gasteiger partial charge in [-0.1, -0.05) is 48.6 Å². The van der Waals surface area contributed by atoms with Crippen LogP contribution in [0.25, 0.3) is 0 Å². The number of allylic oxidation sites excluding steroid dienone is 2. The molecule has 0 saturated carbocycles. The third kappa shape index (κ3) is 1.85. The minimum Gasteiger partial charge on any atom is -0.342 e. The number of hydrogen-bond acceptors (Lipinski definition) is 2. The maximum atomic E-state index is 11.3. The van der Waals surface area contributed by atoms with Crippen LogP contribution in [0, 0.1) is 0 Å². The normalized spacial score (nSPS) is 29.1. The second-order valence-electron chi connectivity index (χ2n) is 3.69. The molecule has 1 aromatic rings. The predicted octanol–water partition coefficient (Wildman–Crippen LogP) is 2.32. The van der Waals surface area contributed by atoms with Crippen LogP contribution in [0.2, 0.25) is 0 Å². The first kappa shape index (κ1) is 11.2. The van der Waals surface area contributed by atoms with Gasteiger partial charge in [-0.05, 0) is 10.1 Å². The SMILES string of the molecule is O=[P+](O)C1(O)C=CC=CC1c1ccccc1. The highest BCUT2D eigenvalue weighted by atomic mass is 31.1. The Kier molecular flexibility index (Phi) is 3.01. The van der Waals surface area contributed by atoms with Gasteiger partial charge in [0.1, 0.15) is 0 Å². The molecular weight excluding hydrogens is 223 g/mol. The summed E-state index contributed by atoms with van der Waals surface area (Å²) in [6.07, 6.45) is 6.47. The molecule has 1 aliphatic carbocycles. The summed E-state index contributed by atoms with van der Waals surface area (Å²) in [6.45, 7) is 0. The van der Waals surface area contributed by atoms with Gasteiger partial charge in [0.05, 0.1) is 5.92 Å². The standard InChI is InChI=1S/C12H11O3P/c13-12(16(14)15)9-5-4-8-11(12)10-6-2-1-3-7-10/h1-9,11,13H/p+1. The van der Waals surface area contributed by atoms with Crippen molar-refractivity contribution in [2.45, 2.75) is 11.3 Å². The van der Waals surface area contributed by atoms with Gasteiger partial charge in [0.2, 0.25) is 0 Å². The fourth-order valence-corrected chi connectivity index (χ4v) is 2.50. The Morgan fingerprint density at radius 3 is 2.50 bits per heavy atom. The third-order valence-electron chi connectivity index (χ3n) is 2.68. The van der Waals surface area contributed by atoms with Crippen LogP contribution in [0.1, 0.15) is 11.5 Å². The Bertz CT molecular complexity index is 453. The van der Waals surface area contributed by atoms with Crippen molar-refractivity contribution in [1.29, 1.82) is 0 Å². The molecule has 3 unspecified atom stereocenters. The van der Waals surface area contributed by atoms with E-state index in [4.69, 9.17) is 0 Å². The summed E-state index contributed by atoms with van der Waals surface area (Å²) in [5.41, 5.74) is 0.822. The van der Waals surface area contributed by atoms with Crippen LogP contribution < -0.4 is 0 Å². The molecule has 0 radical (unpaired) electrons. The summed E-state index contributed by atoms with van der Waals surface area (Å²) in [4.78, 5) is 9.24. The van der Waals surface area contributed by atoms with E-state index in [2.05, 4.69) is 0 Å². The maximum absolute atomic E-state index is 11.3. The molecule has 0 aromatic heterocycles. The van der Waals surface area contributed by atoms with E-state index in [-0.39, 0.29) is 0 Å². The molecule has 1 aromatic carbocycles. The Morgan fingerprint density at radius 2 is 1.88 bits per heavy atom. The van der Waals surface area contributed by atoms with E-state index < -0.39 is 19.3 Å². The summed E-state index contributed by atoms with van der Waals surface area (Å²) in [5.74, 6) is -0.479. The molecule has 2 rings (SSSR count). The Hall–Kier alpha value is -1.28. The van der Waals surface area contributed by atoms with Gasteiger partial charge in [0.25, 0.3) is 0 Å². The van der Waals surface area contributed by atoms with E-state index in [9.17, 15) is 14.6 Å². The number of rotatable bonds is 2. The van der Waals surface area contributed by atoms with Gasteiger partial charge >= 0.3 is 13.4 Å². The lowest BCUT2D eigenvalue weighted by molar-refractivity contribution is 0.147. The highest BCUT2D eigenvalue weighted by molar-refractivity contribution is 7.40. The molecule has 3 nitrogen and oxygen atoms in total. The summed E-state index contributed by atoms with van der Waals surface area (Å²) in [7, 11) is -2.70. The van der Waals surface area contributed by atoms with Crippen molar-refractivity contribution in [1.82, 2.24) is 0 Å². The minimum absolute atomic E-state index is 0.479. The van der Waals surface area contributed by atoms with Crippen LogP contribution >= 0.6 is 8.03 Å². The van der Waals surface area contributed by atoms with Gasteiger partial charge in [-0.3, -0.25) is 0 Å². The number of benzene rings is 1. The molecule has 1 aliphatic rings. The molecule has 4 heteroatoms. The van der Waals surface area contributed by atoms with Crippen LogP contribution in [0.4, 0.5) is 0 Å². The number of aliphatic hydroxyl groups is 1. The Balaban J connectivity index is 2.44. The largest absolute Gasteiger partial charge is 0.546 e. The van der Waals surface area contributed by atoms with Crippen molar-refractivity contribution in [3.8, 4) is 0 Å². The van der Waals surface area contributed by atoms with Crippen molar-refractivity contribution in [3.05, 3.63) is 60.2 Å².